The molecule has 0 bridgehead atoms. The Bertz CT molecular complexity index is 951. The number of piperazine rings is 1. The maximum atomic E-state index is 12.8. The van der Waals surface area contributed by atoms with E-state index in [4.69, 9.17) is 4.74 Å². The second-order valence-corrected chi connectivity index (χ2v) is 8.51. The number of nitrogens with one attached hydrogen (secondary N) is 2. The van der Waals surface area contributed by atoms with Crippen molar-refractivity contribution >= 4 is 15.7 Å². The van der Waals surface area contributed by atoms with Crippen molar-refractivity contribution in [3.63, 3.8) is 0 Å². The molecule has 0 atom stereocenters. The third kappa shape index (κ3) is 5.80. The summed E-state index contributed by atoms with van der Waals surface area (Å²) in [6.45, 7) is 0.350. The minimum atomic E-state index is -3.74. The van der Waals surface area contributed by atoms with Gasteiger partial charge in [0.05, 0.1) is 17.7 Å². The summed E-state index contributed by atoms with van der Waals surface area (Å²) in [5.74, 6) is 0.660. The molecule has 0 aromatic heterocycles. The van der Waals surface area contributed by atoms with E-state index in [-0.39, 0.29) is 17.2 Å². The molecule has 1 aliphatic rings. The highest BCUT2D eigenvalue weighted by Crippen LogP contribution is 2.31. The van der Waals surface area contributed by atoms with Crippen molar-refractivity contribution in [2.75, 3.05) is 44.7 Å². The first-order valence-electron chi connectivity index (χ1n) is 9.56. The van der Waals surface area contributed by atoms with Gasteiger partial charge in [-0.25, -0.2) is 13.1 Å². The number of anilines is 1. The van der Waals surface area contributed by atoms with E-state index in [0.717, 1.165) is 31.9 Å². The largest absolute Gasteiger partial charge is 0.495 e. The van der Waals surface area contributed by atoms with Crippen LogP contribution < -0.4 is 24.4 Å². The van der Waals surface area contributed by atoms with E-state index in [1.807, 2.05) is 0 Å². The molecule has 2 N–H and O–H groups in total. The fourth-order valence-electron chi connectivity index (χ4n) is 3.28. The van der Waals surface area contributed by atoms with Crippen LogP contribution >= 0.6 is 0 Å². The standard InChI is InChI=1S/C20H25F2N3O4S/c1-28-19-6-5-17(14-18(19)25-11-9-23-10-12-25)30(26,27)24-8-7-15-3-2-4-16(13-15)29-20(21)22/h2-6,13-14,20,23-24H,7-12H2,1H3. The number of benzene rings is 2. The van der Waals surface area contributed by atoms with Crippen molar-refractivity contribution in [1.29, 1.82) is 0 Å². The van der Waals surface area contributed by atoms with Gasteiger partial charge in [-0.1, -0.05) is 12.1 Å². The maximum absolute atomic E-state index is 12.8. The molecule has 30 heavy (non-hydrogen) atoms. The van der Waals surface area contributed by atoms with Crippen molar-refractivity contribution in [1.82, 2.24) is 10.0 Å². The van der Waals surface area contributed by atoms with E-state index in [9.17, 15) is 17.2 Å². The predicted octanol–water partition coefficient (Wildman–Crippen LogP) is 2.23. The first kappa shape index (κ1) is 22.3. The van der Waals surface area contributed by atoms with Crippen molar-refractivity contribution < 1.29 is 26.7 Å². The number of halogens is 2. The van der Waals surface area contributed by atoms with Gasteiger partial charge in [0.2, 0.25) is 10.0 Å². The van der Waals surface area contributed by atoms with Crippen molar-refractivity contribution in [3.05, 3.63) is 48.0 Å². The van der Waals surface area contributed by atoms with Crippen LogP contribution in [0.3, 0.4) is 0 Å². The Morgan fingerprint density at radius 2 is 1.93 bits per heavy atom. The smallest absolute Gasteiger partial charge is 0.387 e. The highest BCUT2D eigenvalue weighted by molar-refractivity contribution is 7.89. The SMILES string of the molecule is COc1ccc(S(=O)(=O)NCCc2cccc(OC(F)F)c2)cc1N1CCNCC1. The molecule has 7 nitrogen and oxygen atoms in total. The van der Waals surface area contributed by atoms with E-state index in [1.54, 1.807) is 31.4 Å². The van der Waals surface area contributed by atoms with Gasteiger partial charge in [-0.15, -0.1) is 0 Å². The fraction of sp³-hybridized carbons (Fsp3) is 0.400. The monoisotopic (exact) mass is 441 g/mol. The van der Waals surface area contributed by atoms with E-state index in [1.165, 1.54) is 18.2 Å². The van der Waals surface area contributed by atoms with Gasteiger partial charge >= 0.3 is 6.61 Å². The number of methoxy groups -OCH3 is 1. The van der Waals surface area contributed by atoms with Crippen LogP contribution in [0.2, 0.25) is 0 Å². The number of sulfonamides is 1. The molecule has 164 valence electrons. The Hall–Kier alpha value is -2.43. The van der Waals surface area contributed by atoms with Crippen molar-refractivity contribution in [2.45, 2.75) is 17.9 Å². The lowest BCUT2D eigenvalue weighted by atomic mass is 10.1. The number of nitrogens with zero attached hydrogens (tertiary/aromatic N) is 1. The molecule has 0 amide bonds. The maximum Gasteiger partial charge on any atom is 0.387 e. The minimum Gasteiger partial charge on any atom is -0.495 e. The molecule has 1 saturated heterocycles. The zero-order valence-corrected chi connectivity index (χ0v) is 17.4. The van der Waals surface area contributed by atoms with Crippen molar-refractivity contribution in [3.8, 4) is 11.5 Å². The second-order valence-electron chi connectivity index (χ2n) is 6.74. The number of rotatable bonds is 9. The van der Waals surface area contributed by atoms with Crippen LogP contribution in [0.4, 0.5) is 14.5 Å². The Kier molecular flexibility index (Phi) is 7.46. The zero-order chi connectivity index (χ0) is 21.6. The third-order valence-electron chi connectivity index (χ3n) is 4.75. The molecular weight excluding hydrogens is 416 g/mol. The molecule has 3 rings (SSSR count). The molecule has 0 saturated carbocycles. The molecule has 1 heterocycles. The topological polar surface area (TPSA) is 79.9 Å². The Morgan fingerprint density at radius 3 is 2.63 bits per heavy atom. The van der Waals surface area contributed by atoms with E-state index in [0.29, 0.717) is 17.7 Å². The number of hydrogen-bond acceptors (Lipinski definition) is 6. The lowest BCUT2D eigenvalue weighted by Crippen LogP contribution is -2.43. The Morgan fingerprint density at radius 1 is 1.17 bits per heavy atom. The average molecular weight is 442 g/mol. The van der Waals surface area contributed by atoms with Gasteiger partial charge in [-0.05, 0) is 42.3 Å². The summed E-state index contributed by atoms with van der Waals surface area (Å²) < 4.78 is 62.5. The van der Waals surface area contributed by atoms with Gasteiger partial charge in [0, 0.05) is 32.7 Å². The van der Waals surface area contributed by atoms with Gasteiger partial charge in [-0.2, -0.15) is 8.78 Å². The molecule has 0 spiro atoms. The molecule has 1 aliphatic heterocycles. The van der Waals surface area contributed by atoms with E-state index in [2.05, 4.69) is 19.7 Å². The fourth-order valence-corrected chi connectivity index (χ4v) is 4.33. The highest BCUT2D eigenvalue weighted by Gasteiger charge is 2.20. The van der Waals surface area contributed by atoms with Crippen LogP contribution in [-0.4, -0.2) is 54.9 Å². The molecular formula is C20H25F2N3O4S. The molecule has 0 aliphatic carbocycles. The summed E-state index contributed by atoms with van der Waals surface area (Å²) in [7, 11) is -2.19. The van der Waals surface area contributed by atoms with E-state index < -0.39 is 16.6 Å². The van der Waals surface area contributed by atoms with Crippen molar-refractivity contribution in [2.24, 2.45) is 0 Å². The lowest BCUT2D eigenvalue weighted by molar-refractivity contribution is -0.0498. The average Bonchev–Trinajstić information content (AvgIpc) is 2.73. The molecule has 2 aromatic carbocycles. The Labute approximate surface area is 175 Å². The molecule has 2 aromatic rings. The first-order valence-corrected chi connectivity index (χ1v) is 11.0. The quantitative estimate of drug-likeness (QED) is 0.621. The molecule has 10 heteroatoms. The van der Waals surface area contributed by atoms with E-state index >= 15 is 0 Å². The van der Waals surface area contributed by atoms with Crippen LogP contribution in [0.15, 0.2) is 47.4 Å². The van der Waals surface area contributed by atoms with Gasteiger partial charge in [0.25, 0.3) is 0 Å². The molecule has 1 fully saturated rings. The number of alkyl halides is 2. The van der Waals surface area contributed by atoms with Crippen LogP contribution in [0, 0.1) is 0 Å². The Balaban J connectivity index is 1.68. The van der Waals surface area contributed by atoms with Gasteiger partial charge in [0.1, 0.15) is 11.5 Å². The summed E-state index contributed by atoms with van der Waals surface area (Å²) in [6.07, 6.45) is 0.334. The summed E-state index contributed by atoms with van der Waals surface area (Å²) in [6, 6.07) is 11.0. The zero-order valence-electron chi connectivity index (χ0n) is 16.6. The summed E-state index contributed by atoms with van der Waals surface area (Å²) in [4.78, 5) is 2.23. The summed E-state index contributed by atoms with van der Waals surface area (Å²) in [5, 5.41) is 3.26. The predicted molar refractivity (Wildman–Crippen MR) is 110 cm³/mol. The van der Waals surface area contributed by atoms with Gasteiger partial charge in [0.15, 0.2) is 0 Å². The third-order valence-corrected chi connectivity index (χ3v) is 6.21. The first-order chi connectivity index (χ1) is 14.4. The van der Waals surface area contributed by atoms with Gasteiger partial charge in [-0.3, -0.25) is 0 Å². The highest BCUT2D eigenvalue weighted by atomic mass is 32.2. The summed E-state index contributed by atoms with van der Waals surface area (Å²) in [5.41, 5.74) is 1.42. The summed E-state index contributed by atoms with van der Waals surface area (Å²) >= 11 is 0. The molecule has 0 unspecified atom stereocenters. The van der Waals surface area contributed by atoms with Crippen LogP contribution in [0.25, 0.3) is 0 Å². The second kappa shape index (κ2) is 10.1. The van der Waals surface area contributed by atoms with Crippen LogP contribution in [0.1, 0.15) is 5.56 Å². The molecule has 0 radical (unpaired) electrons. The lowest BCUT2D eigenvalue weighted by Gasteiger charge is -2.30. The van der Waals surface area contributed by atoms with Crippen LogP contribution in [-0.2, 0) is 16.4 Å². The normalized spacial score (nSPS) is 14.7. The number of ether oxygens (including phenoxy) is 2. The van der Waals surface area contributed by atoms with Crippen LogP contribution in [0.5, 0.6) is 11.5 Å². The minimum absolute atomic E-state index is 0.0428. The van der Waals surface area contributed by atoms with Gasteiger partial charge < -0.3 is 19.7 Å². The number of hydrogen-bond donors (Lipinski definition) is 2.